The number of nitrogen functional groups attached to an aromatic ring is 1. The van der Waals surface area contributed by atoms with E-state index in [1.165, 1.54) is 18.4 Å². The van der Waals surface area contributed by atoms with Crippen LogP contribution in [0, 0.1) is 0 Å². The molecule has 9 heteroatoms. The van der Waals surface area contributed by atoms with Gasteiger partial charge in [-0.15, -0.1) is 0 Å². The Kier molecular flexibility index (Phi) is 8.84. The van der Waals surface area contributed by atoms with Gasteiger partial charge < -0.3 is 16.0 Å². The summed E-state index contributed by atoms with van der Waals surface area (Å²) in [7, 11) is 0. The second-order valence-corrected chi connectivity index (χ2v) is 11.4. The van der Waals surface area contributed by atoms with Crippen LogP contribution in [0.2, 0.25) is 5.02 Å². The first kappa shape index (κ1) is 26.9. The lowest BCUT2D eigenvalue weighted by atomic mass is 10.0. The zero-order valence-corrected chi connectivity index (χ0v) is 23.8. The second-order valence-electron chi connectivity index (χ2n) is 10.1. The number of amides is 1. The predicted octanol–water partition coefficient (Wildman–Crippen LogP) is 4.80. The quantitative estimate of drug-likeness (QED) is 0.381. The lowest BCUT2D eigenvalue weighted by Gasteiger charge is -2.43. The molecule has 0 unspecified atom stereocenters. The smallest absolute Gasteiger partial charge is 0.253 e. The maximum absolute atomic E-state index is 12.6. The molecule has 3 heterocycles. The number of aromatic nitrogens is 1. The van der Waals surface area contributed by atoms with E-state index < -0.39 is 0 Å². The van der Waals surface area contributed by atoms with Gasteiger partial charge in [-0.05, 0) is 67.4 Å². The maximum Gasteiger partial charge on any atom is 0.253 e. The van der Waals surface area contributed by atoms with Crippen molar-refractivity contribution < 1.29 is 4.79 Å². The van der Waals surface area contributed by atoms with E-state index in [0.717, 1.165) is 67.4 Å². The van der Waals surface area contributed by atoms with Crippen LogP contribution in [0.1, 0.15) is 34.3 Å². The number of halogens is 2. The maximum atomic E-state index is 12.6. The van der Waals surface area contributed by atoms with E-state index >= 15 is 0 Å². The van der Waals surface area contributed by atoms with Gasteiger partial charge >= 0.3 is 0 Å². The molecule has 7 nitrogen and oxygen atoms in total. The average Bonchev–Trinajstić information content (AvgIpc) is 2.94. The molecule has 2 aromatic carbocycles. The van der Waals surface area contributed by atoms with Gasteiger partial charge in [0, 0.05) is 61.7 Å². The number of piperazine rings is 1. The molecule has 1 aromatic heterocycles. The van der Waals surface area contributed by atoms with Crippen LogP contribution in [-0.2, 0) is 13.1 Å². The molecule has 1 amide bonds. The molecule has 0 aliphatic carbocycles. The van der Waals surface area contributed by atoms with Crippen molar-refractivity contribution >= 4 is 44.9 Å². The van der Waals surface area contributed by atoms with E-state index in [0.29, 0.717) is 23.2 Å². The van der Waals surface area contributed by atoms with Crippen molar-refractivity contribution in [3.05, 3.63) is 87.0 Å². The minimum absolute atomic E-state index is 0.179. The van der Waals surface area contributed by atoms with E-state index in [1.807, 2.05) is 36.4 Å². The van der Waals surface area contributed by atoms with Gasteiger partial charge in [-0.3, -0.25) is 14.6 Å². The first-order valence-electron chi connectivity index (χ1n) is 13.2. The van der Waals surface area contributed by atoms with E-state index in [2.05, 4.69) is 53.1 Å². The fraction of sp³-hybridized carbons (Fsp3) is 0.379. The summed E-state index contributed by atoms with van der Waals surface area (Å²) in [5, 5.41) is 3.46. The fourth-order valence-electron chi connectivity index (χ4n) is 5.30. The number of carbonyl (C=O) groups is 1. The molecular weight excluding hydrogens is 564 g/mol. The van der Waals surface area contributed by atoms with Crippen molar-refractivity contribution in [3.63, 3.8) is 0 Å². The van der Waals surface area contributed by atoms with Crippen molar-refractivity contribution in [1.82, 2.24) is 20.1 Å². The van der Waals surface area contributed by atoms with Crippen molar-refractivity contribution in [3.8, 4) is 0 Å². The van der Waals surface area contributed by atoms with Gasteiger partial charge in [0.15, 0.2) is 0 Å². The number of pyridine rings is 1. The zero-order valence-electron chi connectivity index (χ0n) is 21.5. The van der Waals surface area contributed by atoms with Crippen LogP contribution in [0.25, 0.3) is 0 Å². The highest BCUT2D eigenvalue weighted by Crippen LogP contribution is 2.27. The Balaban J connectivity index is 1.08. The van der Waals surface area contributed by atoms with Crippen LogP contribution in [0.3, 0.4) is 0 Å². The molecule has 0 radical (unpaired) electrons. The molecule has 38 heavy (non-hydrogen) atoms. The zero-order chi connectivity index (χ0) is 26.5. The molecule has 0 bridgehead atoms. The topological polar surface area (TPSA) is 77.7 Å². The van der Waals surface area contributed by atoms with Gasteiger partial charge in [-0.2, -0.15) is 0 Å². The Morgan fingerprint density at radius 2 is 1.63 bits per heavy atom. The molecule has 2 aliphatic rings. The number of rotatable bonds is 7. The van der Waals surface area contributed by atoms with Crippen LogP contribution in [0.15, 0.2) is 65.3 Å². The van der Waals surface area contributed by atoms with Crippen LogP contribution in [-0.4, -0.2) is 66.0 Å². The number of nitrogens with one attached hydrogen (secondary N) is 1. The van der Waals surface area contributed by atoms with Gasteiger partial charge in [0.05, 0.1) is 10.6 Å². The lowest BCUT2D eigenvalue weighted by molar-refractivity contribution is 0.0950. The number of nitrogens with zero attached hydrogens (tertiary/aromatic N) is 4. The number of hydrogen-bond donors (Lipinski definition) is 2. The molecule has 200 valence electrons. The average molecular weight is 598 g/mol. The van der Waals surface area contributed by atoms with Gasteiger partial charge in [-0.1, -0.05) is 51.8 Å². The van der Waals surface area contributed by atoms with Crippen molar-refractivity contribution in [2.45, 2.75) is 32.0 Å². The molecule has 0 spiro atoms. The van der Waals surface area contributed by atoms with E-state index in [1.54, 1.807) is 12.3 Å². The summed E-state index contributed by atoms with van der Waals surface area (Å²) in [6.45, 7) is 7.44. The first-order valence-corrected chi connectivity index (χ1v) is 14.4. The fourth-order valence-corrected chi connectivity index (χ4v) is 5.85. The van der Waals surface area contributed by atoms with Gasteiger partial charge in [0.2, 0.25) is 0 Å². The molecule has 2 aliphatic heterocycles. The monoisotopic (exact) mass is 596 g/mol. The Labute approximate surface area is 238 Å². The van der Waals surface area contributed by atoms with Crippen molar-refractivity contribution in [2.24, 2.45) is 0 Å². The van der Waals surface area contributed by atoms with Crippen molar-refractivity contribution in [1.29, 1.82) is 0 Å². The summed E-state index contributed by atoms with van der Waals surface area (Å²) >= 11 is 10.0. The lowest BCUT2D eigenvalue weighted by Crippen LogP contribution is -2.53. The molecule has 5 rings (SSSR count). The third kappa shape index (κ3) is 6.86. The number of likely N-dealkylation sites (tertiary alicyclic amines) is 1. The highest BCUT2D eigenvalue weighted by Gasteiger charge is 2.28. The highest BCUT2D eigenvalue weighted by molar-refractivity contribution is 9.10. The number of nitrogens with two attached hydrogens (primary N) is 1. The number of anilines is 2. The van der Waals surface area contributed by atoms with E-state index in [4.69, 9.17) is 17.3 Å². The summed E-state index contributed by atoms with van der Waals surface area (Å²) in [4.78, 5) is 24.6. The van der Waals surface area contributed by atoms with Gasteiger partial charge in [0.25, 0.3) is 5.91 Å². The Morgan fingerprint density at radius 1 is 0.974 bits per heavy atom. The predicted molar refractivity (Wildman–Crippen MR) is 157 cm³/mol. The summed E-state index contributed by atoms with van der Waals surface area (Å²) in [6, 6.07) is 18.4. The highest BCUT2D eigenvalue weighted by atomic mass is 79.9. The summed E-state index contributed by atoms with van der Waals surface area (Å²) in [6.07, 6.45) is 4.01. The minimum atomic E-state index is -0.179. The summed E-state index contributed by atoms with van der Waals surface area (Å²) in [5.74, 6) is 0.579. The van der Waals surface area contributed by atoms with E-state index in [9.17, 15) is 4.79 Å². The molecular formula is C29H34BrClN6O. The van der Waals surface area contributed by atoms with Crippen LogP contribution in [0.5, 0.6) is 0 Å². The normalized spacial score (nSPS) is 17.5. The van der Waals surface area contributed by atoms with Gasteiger partial charge in [0.1, 0.15) is 5.82 Å². The van der Waals surface area contributed by atoms with E-state index in [-0.39, 0.29) is 5.91 Å². The standard InChI is InChI=1S/C29H34BrClN6O/c30-24-5-1-21(2-6-24)18-34-29(38)23-17-27(31)28(33-19-23)37-15-13-36(14-16-37)26-9-11-35(12-10-26)20-22-3-7-25(32)8-4-22/h1-8,17,19,26H,9-16,18,20,32H2,(H,34,38). The molecule has 2 fully saturated rings. The van der Waals surface area contributed by atoms with Gasteiger partial charge in [-0.25, -0.2) is 4.98 Å². The first-order chi connectivity index (χ1) is 18.4. The Hall–Kier alpha value is -2.65. The summed E-state index contributed by atoms with van der Waals surface area (Å²) < 4.78 is 1.01. The number of hydrogen-bond acceptors (Lipinski definition) is 6. The van der Waals surface area contributed by atoms with Crippen LogP contribution < -0.4 is 16.0 Å². The molecule has 3 N–H and O–H groups in total. The SMILES string of the molecule is Nc1ccc(CN2CCC(N3CCN(c4ncc(C(=O)NCc5ccc(Br)cc5)cc4Cl)CC3)CC2)cc1. The second kappa shape index (κ2) is 12.5. The number of piperidine rings is 1. The minimum Gasteiger partial charge on any atom is -0.399 e. The third-order valence-electron chi connectivity index (χ3n) is 7.52. The Bertz CT molecular complexity index is 1220. The molecule has 0 atom stereocenters. The largest absolute Gasteiger partial charge is 0.399 e. The number of carbonyl (C=O) groups excluding carboxylic acids is 1. The number of benzene rings is 2. The van der Waals surface area contributed by atoms with Crippen molar-refractivity contribution in [2.75, 3.05) is 49.9 Å². The third-order valence-corrected chi connectivity index (χ3v) is 8.33. The summed E-state index contributed by atoms with van der Waals surface area (Å²) in [5.41, 5.74) is 9.46. The Morgan fingerprint density at radius 3 is 2.29 bits per heavy atom. The molecule has 3 aromatic rings. The molecule has 2 saturated heterocycles. The van der Waals surface area contributed by atoms with Crippen LogP contribution >= 0.6 is 27.5 Å². The van der Waals surface area contributed by atoms with Crippen LogP contribution in [0.4, 0.5) is 11.5 Å². The molecule has 0 saturated carbocycles.